The second kappa shape index (κ2) is 9.59. The number of halogens is 2. The van der Waals surface area contributed by atoms with Crippen LogP contribution in [0.2, 0.25) is 5.02 Å². The van der Waals surface area contributed by atoms with E-state index >= 15 is 0 Å². The quantitative estimate of drug-likeness (QED) is 0.540. The number of aromatic nitrogens is 2. The van der Waals surface area contributed by atoms with Gasteiger partial charge in [0, 0.05) is 38.6 Å². The van der Waals surface area contributed by atoms with Crippen molar-refractivity contribution in [3.8, 4) is 0 Å². The first-order chi connectivity index (χ1) is 16.9. The highest BCUT2D eigenvalue weighted by molar-refractivity contribution is 6.34. The van der Waals surface area contributed by atoms with E-state index in [0.717, 1.165) is 24.8 Å². The van der Waals surface area contributed by atoms with Crippen LogP contribution in [0.1, 0.15) is 42.5 Å². The van der Waals surface area contributed by atoms with Gasteiger partial charge in [0.15, 0.2) is 0 Å². The Morgan fingerprint density at radius 1 is 1.29 bits per heavy atom. The molecule has 1 saturated heterocycles. The average molecular weight is 499 g/mol. The van der Waals surface area contributed by atoms with Gasteiger partial charge in [-0.15, -0.1) is 0 Å². The van der Waals surface area contributed by atoms with E-state index in [0.29, 0.717) is 49.3 Å². The molecule has 9 heteroatoms. The molecular formula is C26H28ClFN4O3. The number of pyridine rings is 1. The van der Waals surface area contributed by atoms with Crippen molar-refractivity contribution in [1.29, 1.82) is 0 Å². The topological polar surface area (TPSA) is 76.5 Å². The standard InChI is InChI=1S/C26H28ClFN4O3/c1-35-14-13-31-16-19(23-22(31)3-2-11-29-23)24(33)30-18-6-8-26(9-7-18)10-12-32(25(26)34)21-5-4-17(28)15-20(21)27/h2-5,11,15-16,18H,6-10,12-14H2,1H3,(H,30,33)/t18-,26-. The maximum absolute atomic E-state index is 13.5. The van der Waals surface area contributed by atoms with Crippen LogP contribution in [0.4, 0.5) is 10.1 Å². The molecule has 2 aromatic heterocycles. The Morgan fingerprint density at radius 2 is 2.09 bits per heavy atom. The molecule has 0 bridgehead atoms. The number of hydrogen-bond acceptors (Lipinski definition) is 4. The van der Waals surface area contributed by atoms with Gasteiger partial charge < -0.3 is 19.5 Å². The van der Waals surface area contributed by atoms with E-state index in [-0.39, 0.29) is 22.9 Å². The van der Waals surface area contributed by atoms with Crippen molar-refractivity contribution in [3.05, 3.63) is 59.1 Å². The van der Waals surface area contributed by atoms with Gasteiger partial charge in [-0.1, -0.05) is 11.6 Å². The van der Waals surface area contributed by atoms with Crippen molar-refractivity contribution in [2.45, 2.75) is 44.7 Å². The number of hydrogen-bond donors (Lipinski definition) is 1. The Labute approximate surface area is 208 Å². The number of carbonyl (C=O) groups excluding carboxylic acids is 2. The van der Waals surface area contributed by atoms with Crippen molar-refractivity contribution in [2.24, 2.45) is 5.41 Å². The molecule has 3 aromatic rings. The first kappa shape index (κ1) is 23.8. The van der Waals surface area contributed by atoms with E-state index in [2.05, 4.69) is 10.3 Å². The summed E-state index contributed by atoms with van der Waals surface area (Å²) in [5.74, 6) is -0.530. The number of rotatable bonds is 6. The summed E-state index contributed by atoms with van der Waals surface area (Å²) in [7, 11) is 1.65. The monoisotopic (exact) mass is 498 g/mol. The third-order valence-electron chi connectivity index (χ3n) is 7.41. The Bertz CT molecular complexity index is 1270. The molecule has 7 nitrogen and oxygen atoms in total. The number of nitrogens with one attached hydrogen (secondary N) is 1. The molecule has 1 aromatic carbocycles. The third-order valence-corrected chi connectivity index (χ3v) is 7.71. The minimum atomic E-state index is -0.448. The van der Waals surface area contributed by atoms with Gasteiger partial charge in [-0.2, -0.15) is 0 Å². The van der Waals surface area contributed by atoms with Crippen molar-refractivity contribution in [3.63, 3.8) is 0 Å². The molecule has 1 spiro atoms. The minimum Gasteiger partial charge on any atom is -0.383 e. The number of anilines is 1. The molecule has 0 radical (unpaired) electrons. The minimum absolute atomic E-state index is 0.00882. The lowest BCUT2D eigenvalue weighted by molar-refractivity contribution is -0.127. The van der Waals surface area contributed by atoms with Gasteiger partial charge in [0.2, 0.25) is 5.91 Å². The van der Waals surface area contributed by atoms with Crippen molar-refractivity contribution < 1.29 is 18.7 Å². The van der Waals surface area contributed by atoms with Gasteiger partial charge in [-0.25, -0.2) is 4.39 Å². The number of fused-ring (bicyclic) bond motifs is 1. The van der Waals surface area contributed by atoms with Gasteiger partial charge in [-0.05, 0) is 62.4 Å². The summed E-state index contributed by atoms with van der Waals surface area (Å²) < 4.78 is 20.6. The Balaban J connectivity index is 1.25. The first-order valence-corrected chi connectivity index (χ1v) is 12.3. The Kier molecular flexibility index (Phi) is 6.51. The smallest absolute Gasteiger partial charge is 0.255 e. The van der Waals surface area contributed by atoms with Gasteiger partial charge >= 0.3 is 0 Å². The number of carbonyl (C=O) groups is 2. The van der Waals surface area contributed by atoms with Crippen molar-refractivity contribution in [2.75, 3.05) is 25.2 Å². The predicted octanol–water partition coefficient (Wildman–Crippen LogP) is 4.57. The molecule has 1 N–H and O–H groups in total. The molecule has 2 fully saturated rings. The fourth-order valence-corrected chi connectivity index (χ4v) is 5.73. The molecule has 1 aliphatic carbocycles. The number of methoxy groups -OCH3 is 1. The van der Waals surface area contributed by atoms with Crippen molar-refractivity contribution >= 4 is 40.1 Å². The summed E-state index contributed by atoms with van der Waals surface area (Å²) in [4.78, 5) is 32.7. The SMILES string of the molecule is COCCn1cc(C(=O)N[C@H]2CC[C@@]3(CCN(c4ccc(F)cc4Cl)C3=O)CC2)c2ncccc21. The number of amides is 2. The zero-order valence-electron chi connectivity index (χ0n) is 19.6. The maximum atomic E-state index is 13.5. The molecule has 2 amide bonds. The lowest BCUT2D eigenvalue weighted by Gasteiger charge is -2.36. The summed E-state index contributed by atoms with van der Waals surface area (Å²) in [6.07, 6.45) is 7.09. The van der Waals surface area contributed by atoms with Crippen LogP contribution in [0.15, 0.2) is 42.7 Å². The lowest BCUT2D eigenvalue weighted by Crippen LogP contribution is -2.43. The third kappa shape index (κ3) is 4.41. The van der Waals surface area contributed by atoms with Crippen LogP contribution in [0.3, 0.4) is 0 Å². The van der Waals surface area contributed by atoms with Crippen LogP contribution < -0.4 is 10.2 Å². The summed E-state index contributed by atoms with van der Waals surface area (Å²) >= 11 is 6.22. The van der Waals surface area contributed by atoms with E-state index < -0.39 is 11.2 Å². The molecule has 1 aliphatic heterocycles. The van der Waals surface area contributed by atoms with Crippen LogP contribution in [0.25, 0.3) is 11.0 Å². The summed E-state index contributed by atoms with van der Waals surface area (Å²) in [5, 5.41) is 3.41. The molecule has 2 aliphatic rings. The van der Waals surface area contributed by atoms with Gasteiger partial charge in [0.05, 0.1) is 33.8 Å². The molecule has 3 heterocycles. The van der Waals surface area contributed by atoms with Crippen LogP contribution in [-0.2, 0) is 16.1 Å². The first-order valence-electron chi connectivity index (χ1n) is 11.9. The zero-order chi connectivity index (χ0) is 24.6. The highest BCUT2D eigenvalue weighted by atomic mass is 35.5. The maximum Gasteiger partial charge on any atom is 0.255 e. The highest BCUT2D eigenvalue weighted by Crippen LogP contribution is 2.47. The molecular weight excluding hydrogens is 471 g/mol. The molecule has 0 atom stereocenters. The second-order valence-electron chi connectivity index (χ2n) is 9.43. The highest BCUT2D eigenvalue weighted by Gasteiger charge is 2.49. The lowest BCUT2D eigenvalue weighted by atomic mass is 9.71. The fraction of sp³-hybridized carbons (Fsp3) is 0.423. The molecule has 5 rings (SSSR count). The molecule has 184 valence electrons. The second-order valence-corrected chi connectivity index (χ2v) is 9.84. The summed E-state index contributed by atoms with van der Waals surface area (Å²) in [6.45, 7) is 1.74. The fourth-order valence-electron chi connectivity index (χ4n) is 5.46. The van der Waals surface area contributed by atoms with E-state index in [1.165, 1.54) is 12.1 Å². The van der Waals surface area contributed by atoms with Gasteiger partial charge in [-0.3, -0.25) is 14.6 Å². The predicted molar refractivity (Wildman–Crippen MR) is 132 cm³/mol. The van der Waals surface area contributed by atoms with Crippen LogP contribution in [-0.4, -0.2) is 47.7 Å². The Morgan fingerprint density at radius 3 is 2.83 bits per heavy atom. The summed E-state index contributed by atoms with van der Waals surface area (Å²) in [6, 6.07) is 7.93. The van der Waals surface area contributed by atoms with Gasteiger partial charge in [0.1, 0.15) is 11.3 Å². The molecule has 1 saturated carbocycles. The Hall–Kier alpha value is -2.97. The summed E-state index contributed by atoms with van der Waals surface area (Å²) in [5.41, 5.74) is 2.23. The zero-order valence-corrected chi connectivity index (χ0v) is 20.4. The van der Waals surface area contributed by atoms with Crippen LogP contribution in [0.5, 0.6) is 0 Å². The van der Waals surface area contributed by atoms with Crippen molar-refractivity contribution in [1.82, 2.24) is 14.9 Å². The number of benzene rings is 1. The van der Waals surface area contributed by atoms with E-state index in [4.69, 9.17) is 16.3 Å². The normalized spacial score (nSPS) is 22.3. The van der Waals surface area contributed by atoms with E-state index in [9.17, 15) is 14.0 Å². The molecule has 0 unspecified atom stereocenters. The number of ether oxygens (including phenoxy) is 1. The van der Waals surface area contributed by atoms with Gasteiger partial charge in [0.25, 0.3) is 5.91 Å². The number of nitrogens with zero attached hydrogens (tertiary/aromatic N) is 3. The van der Waals surface area contributed by atoms with E-state index in [1.54, 1.807) is 24.3 Å². The average Bonchev–Trinajstić information content (AvgIpc) is 3.38. The van der Waals surface area contributed by atoms with Crippen LogP contribution in [0, 0.1) is 11.2 Å². The van der Waals surface area contributed by atoms with E-state index in [1.807, 2.05) is 22.9 Å². The molecule has 35 heavy (non-hydrogen) atoms. The largest absolute Gasteiger partial charge is 0.383 e. The van der Waals surface area contributed by atoms with Crippen LogP contribution >= 0.6 is 11.6 Å².